The Morgan fingerprint density at radius 2 is 1.26 bits per heavy atom. The molecule has 2 fully saturated rings. The molecule has 0 bridgehead atoms. The van der Waals surface area contributed by atoms with Crippen molar-refractivity contribution in [2.75, 3.05) is 49.2 Å². The number of morpholine rings is 1. The quantitative estimate of drug-likeness (QED) is 0.648. The van der Waals surface area contributed by atoms with E-state index in [2.05, 4.69) is 15.9 Å². The third-order valence-electron chi connectivity index (χ3n) is 5.74. The Kier molecular flexibility index (Phi) is 4.24. The van der Waals surface area contributed by atoms with Crippen LogP contribution in [0.15, 0.2) is 45.6 Å². The molecule has 3 heterocycles. The molecule has 2 aliphatic heterocycles. The van der Waals surface area contributed by atoms with Crippen LogP contribution >= 0.6 is 0 Å². The summed E-state index contributed by atoms with van der Waals surface area (Å²) in [6, 6.07) is 11.9. The number of hydrogen-bond acceptors (Lipinski definition) is 5. The van der Waals surface area contributed by atoms with Crippen LogP contribution in [0, 0.1) is 0 Å². The predicted molar refractivity (Wildman–Crippen MR) is 109 cm³/mol. The molecule has 0 amide bonds. The monoisotopic (exact) mass is 364 g/mol. The van der Waals surface area contributed by atoms with Crippen LogP contribution in [0.4, 0.5) is 11.4 Å². The number of ether oxygens (including phenoxy) is 1. The zero-order valence-electron chi connectivity index (χ0n) is 15.4. The van der Waals surface area contributed by atoms with Gasteiger partial charge in [0.2, 0.25) is 5.43 Å². The van der Waals surface area contributed by atoms with Crippen LogP contribution in [0.2, 0.25) is 0 Å². The Balaban J connectivity index is 1.59. The number of anilines is 2. The highest BCUT2D eigenvalue weighted by atomic mass is 16.5. The van der Waals surface area contributed by atoms with E-state index < -0.39 is 0 Å². The van der Waals surface area contributed by atoms with Gasteiger partial charge in [-0.3, -0.25) is 4.79 Å². The van der Waals surface area contributed by atoms with Crippen LogP contribution in [0.5, 0.6) is 0 Å². The lowest BCUT2D eigenvalue weighted by Gasteiger charge is -2.29. The molecule has 2 saturated heterocycles. The Hall–Kier alpha value is -2.53. The van der Waals surface area contributed by atoms with E-state index in [-0.39, 0.29) is 5.43 Å². The Labute approximate surface area is 158 Å². The Bertz CT molecular complexity index is 952. The summed E-state index contributed by atoms with van der Waals surface area (Å²) in [6.07, 6.45) is 3.75. The number of rotatable bonds is 2. The topological polar surface area (TPSA) is 45.9 Å². The Morgan fingerprint density at radius 1 is 0.704 bits per heavy atom. The minimum Gasteiger partial charge on any atom is -0.456 e. The molecule has 2 aliphatic rings. The van der Waals surface area contributed by atoms with Gasteiger partial charge in [-0.05, 0) is 43.5 Å². The van der Waals surface area contributed by atoms with Gasteiger partial charge in [-0.1, -0.05) is 0 Å². The highest BCUT2D eigenvalue weighted by Gasteiger charge is 2.16. The summed E-state index contributed by atoms with van der Waals surface area (Å²) in [5.41, 5.74) is 3.61. The maximum atomic E-state index is 13.0. The Morgan fingerprint density at radius 3 is 1.85 bits per heavy atom. The second kappa shape index (κ2) is 6.89. The summed E-state index contributed by atoms with van der Waals surface area (Å²) in [7, 11) is 0. The molecule has 1 aromatic heterocycles. The number of piperidine rings is 1. The van der Waals surface area contributed by atoms with Crippen molar-refractivity contribution in [2.24, 2.45) is 0 Å². The van der Waals surface area contributed by atoms with Crippen molar-refractivity contribution in [3.05, 3.63) is 46.6 Å². The number of nitrogens with zero attached hydrogens (tertiary/aromatic N) is 2. The zero-order valence-corrected chi connectivity index (χ0v) is 15.4. The van der Waals surface area contributed by atoms with Crippen LogP contribution < -0.4 is 15.2 Å². The molecular formula is C22H24N2O3. The standard InChI is InChI=1S/C22H24N2O3/c25-22-18-6-4-16(23-8-2-1-3-9-23)14-20(18)27-21-15-17(5-7-19(21)22)24-10-12-26-13-11-24/h4-7,14-15H,1-3,8-13H2. The van der Waals surface area contributed by atoms with Gasteiger partial charge < -0.3 is 19.0 Å². The molecule has 0 unspecified atom stereocenters. The summed E-state index contributed by atoms with van der Waals surface area (Å²) in [6.45, 7) is 5.34. The molecule has 5 nitrogen and oxygen atoms in total. The summed E-state index contributed by atoms with van der Waals surface area (Å²) in [5, 5.41) is 1.30. The van der Waals surface area contributed by atoms with Crippen LogP contribution in [-0.4, -0.2) is 39.4 Å². The highest BCUT2D eigenvalue weighted by molar-refractivity contribution is 5.92. The van der Waals surface area contributed by atoms with Crippen LogP contribution in [-0.2, 0) is 4.74 Å². The third-order valence-corrected chi connectivity index (χ3v) is 5.74. The van der Waals surface area contributed by atoms with E-state index in [0.717, 1.165) is 50.8 Å². The molecule has 0 atom stereocenters. The van der Waals surface area contributed by atoms with Crippen molar-refractivity contribution in [1.82, 2.24) is 0 Å². The van der Waals surface area contributed by atoms with Crippen molar-refractivity contribution in [2.45, 2.75) is 19.3 Å². The van der Waals surface area contributed by atoms with Crippen molar-refractivity contribution >= 4 is 33.3 Å². The fourth-order valence-corrected chi connectivity index (χ4v) is 4.20. The van der Waals surface area contributed by atoms with Gasteiger partial charge in [0.25, 0.3) is 0 Å². The smallest absolute Gasteiger partial charge is 0.200 e. The molecular weight excluding hydrogens is 340 g/mol. The summed E-state index contributed by atoms with van der Waals surface area (Å²) >= 11 is 0. The first-order chi connectivity index (χ1) is 13.3. The minimum atomic E-state index is 0.0463. The fraction of sp³-hybridized carbons (Fsp3) is 0.409. The fourth-order valence-electron chi connectivity index (χ4n) is 4.20. The largest absolute Gasteiger partial charge is 0.456 e. The van der Waals surface area contributed by atoms with Gasteiger partial charge in [0, 0.05) is 49.7 Å². The molecule has 0 saturated carbocycles. The van der Waals surface area contributed by atoms with E-state index in [1.165, 1.54) is 19.3 Å². The SMILES string of the molecule is O=c1c2ccc(N3CCCCC3)cc2oc2cc(N3CCOCC3)ccc12. The van der Waals surface area contributed by atoms with E-state index in [9.17, 15) is 4.79 Å². The summed E-state index contributed by atoms with van der Waals surface area (Å²) in [5.74, 6) is 0. The van der Waals surface area contributed by atoms with Gasteiger partial charge in [-0.2, -0.15) is 0 Å². The minimum absolute atomic E-state index is 0.0463. The molecule has 140 valence electrons. The molecule has 27 heavy (non-hydrogen) atoms. The predicted octanol–water partition coefficient (Wildman–Crippen LogP) is 3.77. The zero-order chi connectivity index (χ0) is 18.2. The van der Waals surface area contributed by atoms with Crippen LogP contribution in [0.3, 0.4) is 0 Å². The number of fused-ring (bicyclic) bond motifs is 2. The number of hydrogen-bond donors (Lipinski definition) is 0. The van der Waals surface area contributed by atoms with E-state index >= 15 is 0 Å². The van der Waals surface area contributed by atoms with Gasteiger partial charge in [0.1, 0.15) is 11.2 Å². The lowest BCUT2D eigenvalue weighted by molar-refractivity contribution is 0.122. The van der Waals surface area contributed by atoms with Crippen molar-refractivity contribution < 1.29 is 9.15 Å². The van der Waals surface area contributed by atoms with Crippen LogP contribution in [0.1, 0.15) is 19.3 Å². The maximum Gasteiger partial charge on any atom is 0.200 e. The maximum absolute atomic E-state index is 13.0. The van der Waals surface area contributed by atoms with E-state index in [1.807, 2.05) is 30.3 Å². The van der Waals surface area contributed by atoms with Gasteiger partial charge in [-0.25, -0.2) is 0 Å². The van der Waals surface area contributed by atoms with Crippen molar-refractivity contribution in [3.8, 4) is 0 Å². The molecule has 0 spiro atoms. The first-order valence-corrected chi connectivity index (χ1v) is 9.88. The lowest BCUT2D eigenvalue weighted by Crippen LogP contribution is -2.36. The average Bonchev–Trinajstić information content (AvgIpc) is 2.74. The molecule has 0 N–H and O–H groups in total. The van der Waals surface area contributed by atoms with E-state index in [1.54, 1.807) is 0 Å². The molecule has 0 radical (unpaired) electrons. The second-order valence-corrected chi connectivity index (χ2v) is 7.44. The molecule has 2 aromatic carbocycles. The molecule has 0 aliphatic carbocycles. The van der Waals surface area contributed by atoms with Crippen LogP contribution in [0.25, 0.3) is 21.9 Å². The first kappa shape index (κ1) is 16.6. The van der Waals surface area contributed by atoms with E-state index in [4.69, 9.17) is 9.15 Å². The molecule has 3 aromatic rings. The van der Waals surface area contributed by atoms with Gasteiger partial charge in [0.15, 0.2) is 0 Å². The number of benzene rings is 2. The van der Waals surface area contributed by atoms with Crippen molar-refractivity contribution in [3.63, 3.8) is 0 Å². The first-order valence-electron chi connectivity index (χ1n) is 9.88. The highest BCUT2D eigenvalue weighted by Crippen LogP contribution is 2.28. The lowest BCUT2D eigenvalue weighted by atomic mass is 10.1. The third kappa shape index (κ3) is 3.06. The summed E-state index contributed by atoms with van der Waals surface area (Å²) in [4.78, 5) is 17.6. The van der Waals surface area contributed by atoms with Gasteiger partial charge >= 0.3 is 0 Å². The molecule has 5 heteroatoms. The van der Waals surface area contributed by atoms with Gasteiger partial charge in [-0.15, -0.1) is 0 Å². The molecule has 5 rings (SSSR count). The normalized spacial score (nSPS) is 18.4. The van der Waals surface area contributed by atoms with Crippen molar-refractivity contribution in [1.29, 1.82) is 0 Å². The van der Waals surface area contributed by atoms with Gasteiger partial charge in [0.05, 0.1) is 24.0 Å². The second-order valence-electron chi connectivity index (χ2n) is 7.44. The average molecular weight is 364 g/mol. The van der Waals surface area contributed by atoms with E-state index in [0.29, 0.717) is 21.9 Å². The summed E-state index contributed by atoms with van der Waals surface area (Å²) < 4.78 is 11.6.